The molecule has 100 valence electrons. The van der Waals surface area contributed by atoms with Crippen molar-refractivity contribution in [1.29, 1.82) is 0 Å². The Morgan fingerprint density at radius 1 is 0.600 bits per heavy atom. The third-order valence-corrected chi connectivity index (χ3v) is 3.44. The number of nitrogens with zero attached hydrogens (tertiary/aromatic N) is 2. The van der Waals surface area contributed by atoms with E-state index < -0.39 is 12.1 Å². The van der Waals surface area contributed by atoms with Crippen molar-refractivity contribution in [3.8, 4) is 0 Å². The van der Waals surface area contributed by atoms with Crippen molar-refractivity contribution in [3.05, 3.63) is 58.6 Å². The number of urea groups is 2. The molecule has 6 heteroatoms. The van der Waals surface area contributed by atoms with Crippen molar-refractivity contribution in [1.82, 2.24) is 0 Å². The molecule has 0 bridgehead atoms. The van der Waals surface area contributed by atoms with Crippen LogP contribution in [0.25, 0.3) is 0 Å². The minimum Gasteiger partial charge on any atom is -0.246 e. The highest BCUT2D eigenvalue weighted by molar-refractivity contribution is 6.41. The second-order valence-electron chi connectivity index (χ2n) is 4.19. The van der Waals surface area contributed by atoms with Gasteiger partial charge in [-0.05, 0) is 48.5 Å². The van der Waals surface area contributed by atoms with Gasteiger partial charge in [0.25, 0.3) is 0 Å². The molecule has 0 N–H and O–H groups in total. The molecule has 0 radical (unpaired) electrons. The Bertz CT molecular complexity index is 610. The van der Waals surface area contributed by atoms with E-state index in [9.17, 15) is 9.59 Å². The van der Waals surface area contributed by atoms with E-state index in [-0.39, 0.29) is 0 Å². The third-order valence-electron chi connectivity index (χ3n) is 2.93. The molecule has 3 rings (SSSR count). The highest BCUT2D eigenvalue weighted by Gasteiger charge is 2.45. The zero-order chi connectivity index (χ0) is 14.3. The number of imide groups is 2. The molecule has 20 heavy (non-hydrogen) atoms. The van der Waals surface area contributed by atoms with Gasteiger partial charge >= 0.3 is 12.1 Å². The van der Waals surface area contributed by atoms with Crippen LogP contribution in [0.4, 0.5) is 21.0 Å². The van der Waals surface area contributed by atoms with Gasteiger partial charge in [0.05, 0.1) is 11.4 Å². The van der Waals surface area contributed by atoms with Crippen LogP contribution in [0, 0.1) is 0 Å². The van der Waals surface area contributed by atoms with Crippen molar-refractivity contribution < 1.29 is 9.59 Å². The molecule has 1 aliphatic heterocycles. The van der Waals surface area contributed by atoms with E-state index in [0.717, 1.165) is 9.80 Å². The van der Waals surface area contributed by atoms with E-state index >= 15 is 0 Å². The zero-order valence-electron chi connectivity index (χ0n) is 10.1. The van der Waals surface area contributed by atoms with Crippen LogP contribution >= 0.6 is 23.2 Å². The normalized spacial score (nSPS) is 14.5. The van der Waals surface area contributed by atoms with Gasteiger partial charge in [0.15, 0.2) is 0 Å². The number of carbonyl (C=O) groups is 2. The topological polar surface area (TPSA) is 40.6 Å². The summed E-state index contributed by atoms with van der Waals surface area (Å²) in [5.41, 5.74) is 0.990. The first-order valence-electron chi connectivity index (χ1n) is 5.77. The van der Waals surface area contributed by atoms with Crippen molar-refractivity contribution in [2.45, 2.75) is 0 Å². The molecule has 0 aromatic heterocycles. The van der Waals surface area contributed by atoms with Gasteiger partial charge in [-0.1, -0.05) is 23.2 Å². The van der Waals surface area contributed by atoms with Crippen molar-refractivity contribution in [2.75, 3.05) is 9.80 Å². The molecular formula is C14H8Cl2N2O2. The van der Waals surface area contributed by atoms with Crippen LogP contribution in [-0.2, 0) is 0 Å². The number of halogens is 2. The summed E-state index contributed by atoms with van der Waals surface area (Å²) >= 11 is 11.6. The lowest BCUT2D eigenvalue weighted by Gasteiger charge is -2.38. The van der Waals surface area contributed by atoms with Crippen LogP contribution in [-0.4, -0.2) is 12.1 Å². The Morgan fingerprint density at radius 2 is 0.900 bits per heavy atom. The lowest BCUT2D eigenvalue weighted by Crippen LogP contribution is -2.64. The molecule has 4 nitrogen and oxygen atoms in total. The van der Waals surface area contributed by atoms with Crippen LogP contribution in [0.3, 0.4) is 0 Å². The molecule has 1 saturated heterocycles. The summed E-state index contributed by atoms with van der Waals surface area (Å²) in [7, 11) is 0. The summed E-state index contributed by atoms with van der Waals surface area (Å²) in [5, 5.41) is 1.09. The average molecular weight is 307 g/mol. The molecule has 0 spiro atoms. The Labute approximate surface area is 125 Å². The lowest BCUT2D eigenvalue weighted by atomic mass is 10.2. The van der Waals surface area contributed by atoms with Gasteiger partial charge in [0.1, 0.15) is 0 Å². The smallest absolute Gasteiger partial charge is 0.246 e. The lowest BCUT2D eigenvalue weighted by molar-refractivity contribution is 0.226. The van der Waals surface area contributed by atoms with Gasteiger partial charge in [-0.15, -0.1) is 0 Å². The Morgan fingerprint density at radius 3 is 1.20 bits per heavy atom. The number of amides is 4. The second-order valence-corrected chi connectivity index (χ2v) is 5.06. The van der Waals surface area contributed by atoms with Crippen LogP contribution in [0.2, 0.25) is 10.0 Å². The number of carbonyl (C=O) groups excluding carboxylic acids is 2. The predicted octanol–water partition coefficient (Wildman–Crippen LogP) is 4.56. The highest BCUT2D eigenvalue weighted by Crippen LogP contribution is 2.31. The maximum atomic E-state index is 12.1. The first-order chi connectivity index (χ1) is 9.58. The van der Waals surface area contributed by atoms with Gasteiger partial charge in [-0.25, -0.2) is 19.4 Å². The van der Waals surface area contributed by atoms with Crippen LogP contribution < -0.4 is 9.80 Å². The largest absolute Gasteiger partial charge is 0.345 e. The summed E-state index contributed by atoms with van der Waals surface area (Å²) < 4.78 is 0. The molecule has 4 amide bonds. The molecule has 1 heterocycles. The number of hydrogen-bond acceptors (Lipinski definition) is 2. The minimum atomic E-state index is -0.403. The van der Waals surface area contributed by atoms with Crippen molar-refractivity contribution >= 4 is 46.6 Å². The molecule has 2 aromatic carbocycles. The fraction of sp³-hybridized carbons (Fsp3) is 0. The fourth-order valence-electron chi connectivity index (χ4n) is 1.94. The quantitative estimate of drug-likeness (QED) is 0.816. The molecule has 2 aromatic rings. The van der Waals surface area contributed by atoms with Gasteiger partial charge in [0, 0.05) is 10.0 Å². The number of hydrogen-bond donors (Lipinski definition) is 0. The Hall–Kier alpha value is -2.04. The standard InChI is InChI=1S/C14H8Cl2N2O2/c15-9-1-5-11(6-2-9)17-13(19)18(14(17)20)12-7-3-10(16)4-8-12/h1-8H. The summed E-state index contributed by atoms with van der Waals surface area (Å²) in [6.07, 6.45) is 0. The molecule has 0 atom stereocenters. The Kier molecular flexibility index (Phi) is 3.12. The van der Waals surface area contributed by atoms with Gasteiger partial charge in [-0.3, -0.25) is 0 Å². The van der Waals surface area contributed by atoms with Gasteiger partial charge in [-0.2, -0.15) is 0 Å². The predicted molar refractivity (Wildman–Crippen MR) is 78.7 cm³/mol. The highest BCUT2D eigenvalue weighted by atomic mass is 35.5. The number of anilines is 2. The van der Waals surface area contributed by atoms with Gasteiger partial charge < -0.3 is 0 Å². The van der Waals surface area contributed by atoms with Crippen molar-refractivity contribution in [3.63, 3.8) is 0 Å². The van der Waals surface area contributed by atoms with Crippen LogP contribution in [0.1, 0.15) is 0 Å². The van der Waals surface area contributed by atoms with Gasteiger partial charge in [0.2, 0.25) is 0 Å². The van der Waals surface area contributed by atoms with Crippen molar-refractivity contribution in [2.24, 2.45) is 0 Å². The summed E-state index contributed by atoms with van der Waals surface area (Å²) in [5.74, 6) is 0. The molecule has 1 fully saturated rings. The van der Waals surface area contributed by atoms with Crippen LogP contribution in [0.5, 0.6) is 0 Å². The summed E-state index contributed by atoms with van der Waals surface area (Å²) in [6, 6.07) is 12.2. The van der Waals surface area contributed by atoms with E-state index in [1.54, 1.807) is 48.5 Å². The number of rotatable bonds is 2. The summed E-state index contributed by atoms with van der Waals surface area (Å²) in [6.45, 7) is 0. The fourth-order valence-corrected chi connectivity index (χ4v) is 2.19. The maximum Gasteiger partial charge on any atom is 0.345 e. The van der Waals surface area contributed by atoms with E-state index in [1.807, 2.05) is 0 Å². The monoisotopic (exact) mass is 306 g/mol. The molecule has 0 aliphatic carbocycles. The molecule has 1 aliphatic rings. The second kappa shape index (κ2) is 4.81. The number of benzene rings is 2. The zero-order valence-corrected chi connectivity index (χ0v) is 11.6. The van der Waals surface area contributed by atoms with E-state index in [1.165, 1.54) is 0 Å². The molecule has 0 saturated carbocycles. The average Bonchev–Trinajstić information content (AvgIpc) is 2.44. The third kappa shape index (κ3) is 2.03. The van der Waals surface area contributed by atoms with E-state index in [2.05, 4.69) is 0 Å². The molecular weight excluding hydrogens is 299 g/mol. The van der Waals surface area contributed by atoms with Crippen LogP contribution in [0.15, 0.2) is 48.5 Å². The first kappa shape index (κ1) is 13.0. The summed E-state index contributed by atoms with van der Waals surface area (Å²) in [4.78, 5) is 26.4. The Balaban J connectivity index is 1.86. The maximum absolute atomic E-state index is 12.1. The SMILES string of the molecule is O=C1N(c2ccc(Cl)cc2)C(=O)N1c1ccc(Cl)cc1. The minimum absolute atomic E-state index is 0.403. The van der Waals surface area contributed by atoms with E-state index in [0.29, 0.717) is 21.4 Å². The van der Waals surface area contributed by atoms with E-state index in [4.69, 9.17) is 23.2 Å². The first-order valence-corrected chi connectivity index (χ1v) is 6.53. The molecule has 0 unspecified atom stereocenters.